The third-order valence-electron chi connectivity index (χ3n) is 3.91. The van der Waals surface area contributed by atoms with Gasteiger partial charge in [-0.3, -0.25) is 4.79 Å². The van der Waals surface area contributed by atoms with Crippen LogP contribution in [0.1, 0.15) is 21.6 Å². The topological polar surface area (TPSA) is 34.0 Å². The third kappa shape index (κ3) is 2.92. The van der Waals surface area contributed by atoms with Crippen molar-refractivity contribution in [2.45, 2.75) is 13.5 Å². The number of rotatable bonds is 3. The molecule has 0 fully saturated rings. The normalized spacial score (nSPS) is 10.9. The van der Waals surface area contributed by atoms with Gasteiger partial charge in [0.05, 0.1) is 0 Å². The van der Waals surface area contributed by atoms with E-state index in [0.717, 1.165) is 10.0 Å². The number of aryl methyl sites for hydroxylation is 2. The zero-order valence-corrected chi connectivity index (χ0v) is 14.1. The second-order valence-corrected chi connectivity index (χ2v) is 6.34. The maximum atomic E-state index is 12.1. The van der Waals surface area contributed by atoms with E-state index in [4.69, 9.17) is 0 Å². The van der Waals surface area contributed by atoms with Gasteiger partial charge in [-0.15, -0.1) is 0 Å². The van der Waals surface area contributed by atoms with Crippen LogP contribution in [-0.2, 0) is 13.6 Å². The van der Waals surface area contributed by atoms with Crippen molar-refractivity contribution in [3.05, 3.63) is 69.8 Å². The Hall–Kier alpha value is -2.07. The molecule has 0 atom stereocenters. The van der Waals surface area contributed by atoms with Crippen molar-refractivity contribution >= 4 is 32.7 Å². The molecule has 0 aliphatic heterocycles. The predicted molar refractivity (Wildman–Crippen MR) is 93.0 cm³/mol. The van der Waals surface area contributed by atoms with Crippen molar-refractivity contribution in [1.82, 2.24) is 9.88 Å². The molecule has 2 aromatic carbocycles. The lowest BCUT2D eigenvalue weighted by atomic mass is 10.1. The SMILES string of the molecule is Cc1cc2cc(CNC(=O)c3ccc(Br)cc3)ccc2n1C. The molecule has 3 aromatic rings. The Morgan fingerprint density at radius 2 is 1.86 bits per heavy atom. The molecule has 1 aromatic heterocycles. The van der Waals surface area contributed by atoms with E-state index < -0.39 is 0 Å². The zero-order chi connectivity index (χ0) is 15.7. The first kappa shape index (κ1) is 14.9. The summed E-state index contributed by atoms with van der Waals surface area (Å²) in [5, 5.41) is 4.16. The number of nitrogens with zero attached hydrogens (tertiary/aromatic N) is 1. The summed E-state index contributed by atoms with van der Waals surface area (Å²) in [7, 11) is 2.06. The molecular weight excluding hydrogens is 340 g/mol. The van der Waals surface area contributed by atoms with Crippen molar-refractivity contribution in [3.8, 4) is 0 Å². The van der Waals surface area contributed by atoms with E-state index in [2.05, 4.69) is 64.1 Å². The summed E-state index contributed by atoms with van der Waals surface area (Å²) in [5.74, 6) is -0.0585. The van der Waals surface area contributed by atoms with Crippen LogP contribution < -0.4 is 5.32 Å². The number of hydrogen-bond donors (Lipinski definition) is 1. The van der Waals surface area contributed by atoms with Crippen LogP contribution in [0.3, 0.4) is 0 Å². The molecule has 3 rings (SSSR count). The van der Waals surface area contributed by atoms with Gasteiger partial charge in [-0.05, 0) is 55.0 Å². The number of hydrogen-bond acceptors (Lipinski definition) is 1. The Balaban J connectivity index is 1.73. The molecule has 1 heterocycles. The fourth-order valence-electron chi connectivity index (χ4n) is 2.53. The van der Waals surface area contributed by atoms with E-state index in [1.165, 1.54) is 16.6 Å². The van der Waals surface area contributed by atoms with Gasteiger partial charge in [-0.2, -0.15) is 0 Å². The van der Waals surface area contributed by atoms with E-state index in [-0.39, 0.29) is 5.91 Å². The summed E-state index contributed by atoms with van der Waals surface area (Å²) in [6.45, 7) is 2.62. The minimum atomic E-state index is -0.0585. The summed E-state index contributed by atoms with van der Waals surface area (Å²) >= 11 is 3.37. The average molecular weight is 357 g/mol. The van der Waals surface area contributed by atoms with Gasteiger partial charge in [0.2, 0.25) is 0 Å². The van der Waals surface area contributed by atoms with Crippen LogP contribution in [-0.4, -0.2) is 10.5 Å². The van der Waals surface area contributed by atoms with Crippen molar-refractivity contribution in [3.63, 3.8) is 0 Å². The molecule has 0 aliphatic rings. The Morgan fingerprint density at radius 1 is 1.14 bits per heavy atom. The van der Waals surface area contributed by atoms with Crippen LogP contribution >= 0.6 is 15.9 Å². The Bertz CT molecular complexity index is 834. The average Bonchev–Trinajstić information content (AvgIpc) is 2.80. The monoisotopic (exact) mass is 356 g/mol. The van der Waals surface area contributed by atoms with Gasteiger partial charge in [-0.25, -0.2) is 0 Å². The second-order valence-electron chi connectivity index (χ2n) is 5.43. The number of aromatic nitrogens is 1. The highest BCUT2D eigenvalue weighted by Crippen LogP contribution is 2.19. The molecular formula is C18H17BrN2O. The molecule has 0 spiro atoms. The number of nitrogens with one attached hydrogen (secondary N) is 1. The summed E-state index contributed by atoms with van der Waals surface area (Å²) < 4.78 is 3.13. The highest BCUT2D eigenvalue weighted by atomic mass is 79.9. The lowest BCUT2D eigenvalue weighted by molar-refractivity contribution is 0.0951. The van der Waals surface area contributed by atoms with Crippen LogP contribution in [0.2, 0.25) is 0 Å². The molecule has 0 saturated carbocycles. The highest BCUT2D eigenvalue weighted by molar-refractivity contribution is 9.10. The summed E-state index contributed by atoms with van der Waals surface area (Å²) in [6.07, 6.45) is 0. The van der Waals surface area contributed by atoms with Gasteiger partial charge in [0.1, 0.15) is 0 Å². The molecule has 0 bridgehead atoms. The van der Waals surface area contributed by atoms with Crippen LogP contribution in [0.25, 0.3) is 10.9 Å². The molecule has 0 saturated heterocycles. The van der Waals surface area contributed by atoms with Crippen molar-refractivity contribution in [1.29, 1.82) is 0 Å². The first-order valence-electron chi connectivity index (χ1n) is 7.13. The number of halogens is 1. The van der Waals surface area contributed by atoms with Crippen molar-refractivity contribution in [2.75, 3.05) is 0 Å². The van der Waals surface area contributed by atoms with Crippen molar-refractivity contribution in [2.24, 2.45) is 7.05 Å². The number of carbonyl (C=O) groups is 1. The highest BCUT2D eigenvalue weighted by Gasteiger charge is 2.06. The molecule has 112 valence electrons. The summed E-state index contributed by atoms with van der Waals surface area (Å²) in [4.78, 5) is 12.1. The van der Waals surface area contributed by atoms with Gasteiger partial charge < -0.3 is 9.88 Å². The standard InChI is InChI=1S/C18H17BrN2O/c1-12-9-15-10-13(3-8-17(15)21(12)2)11-20-18(22)14-4-6-16(19)7-5-14/h3-10H,11H2,1-2H3,(H,20,22). The Kier molecular flexibility index (Phi) is 4.03. The maximum absolute atomic E-state index is 12.1. The largest absolute Gasteiger partial charge is 0.348 e. The van der Waals surface area contributed by atoms with Crippen molar-refractivity contribution < 1.29 is 4.79 Å². The van der Waals surface area contributed by atoms with Gasteiger partial charge in [0.15, 0.2) is 0 Å². The van der Waals surface area contributed by atoms with Crippen LogP contribution in [0.5, 0.6) is 0 Å². The fourth-order valence-corrected chi connectivity index (χ4v) is 2.80. The van der Waals surface area contributed by atoms with E-state index in [1.807, 2.05) is 24.3 Å². The van der Waals surface area contributed by atoms with E-state index in [0.29, 0.717) is 12.1 Å². The molecule has 4 heteroatoms. The molecule has 0 unspecified atom stereocenters. The minimum Gasteiger partial charge on any atom is -0.348 e. The number of fused-ring (bicyclic) bond motifs is 1. The smallest absolute Gasteiger partial charge is 0.251 e. The van der Waals surface area contributed by atoms with Crippen LogP contribution in [0.4, 0.5) is 0 Å². The van der Waals surface area contributed by atoms with Gasteiger partial charge in [0.25, 0.3) is 5.91 Å². The van der Waals surface area contributed by atoms with Gasteiger partial charge in [-0.1, -0.05) is 22.0 Å². The third-order valence-corrected chi connectivity index (χ3v) is 4.43. The predicted octanol–water partition coefficient (Wildman–Crippen LogP) is 4.18. The number of benzene rings is 2. The Morgan fingerprint density at radius 3 is 2.59 bits per heavy atom. The number of carbonyl (C=O) groups excluding carboxylic acids is 1. The van der Waals surface area contributed by atoms with E-state index in [9.17, 15) is 4.79 Å². The van der Waals surface area contributed by atoms with Gasteiger partial charge in [0, 0.05) is 40.2 Å². The van der Waals surface area contributed by atoms with Crippen LogP contribution in [0.15, 0.2) is 53.0 Å². The van der Waals surface area contributed by atoms with E-state index in [1.54, 1.807) is 0 Å². The molecule has 22 heavy (non-hydrogen) atoms. The first-order valence-corrected chi connectivity index (χ1v) is 7.92. The maximum Gasteiger partial charge on any atom is 0.251 e. The van der Waals surface area contributed by atoms with E-state index >= 15 is 0 Å². The number of amides is 1. The zero-order valence-electron chi connectivity index (χ0n) is 12.6. The molecule has 3 nitrogen and oxygen atoms in total. The minimum absolute atomic E-state index is 0.0585. The molecule has 1 amide bonds. The summed E-state index contributed by atoms with van der Waals surface area (Å²) in [6, 6.07) is 15.8. The fraction of sp³-hybridized carbons (Fsp3) is 0.167. The molecule has 0 aliphatic carbocycles. The summed E-state index contributed by atoms with van der Waals surface area (Å²) in [5.41, 5.74) is 4.20. The first-order chi connectivity index (χ1) is 10.5. The molecule has 1 N–H and O–H groups in total. The quantitative estimate of drug-likeness (QED) is 0.750. The molecule has 0 radical (unpaired) electrons. The lowest BCUT2D eigenvalue weighted by Gasteiger charge is -2.06. The lowest BCUT2D eigenvalue weighted by Crippen LogP contribution is -2.22. The van der Waals surface area contributed by atoms with Gasteiger partial charge >= 0.3 is 0 Å². The van der Waals surface area contributed by atoms with Crippen LogP contribution in [0, 0.1) is 6.92 Å². The Labute approximate surface area is 138 Å². The second kappa shape index (κ2) is 5.97.